The van der Waals surface area contributed by atoms with Gasteiger partial charge in [-0.25, -0.2) is 0 Å². The molecule has 6 heteroatoms. The van der Waals surface area contributed by atoms with Crippen LogP contribution in [0.5, 0.6) is 0 Å². The predicted octanol–water partition coefficient (Wildman–Crippen LogP) is 12.4. The standard InChI is InChI=1S/C51H36N6/c1-33-14-16-35(17-15-33)39-25-41(32-53-30-39)37-19-21-47-45(27-37)51-49(13-7-23-55-51)57(47)43-11-5-10-42(28-43)56-46-20-18-36(26-44(46)50-48(56)12-6-22-54-50)40-24-38(29-52-31-40)34-8-3-2-4-9-34/h2-14,16-33H,15H2,1H3. The second kappa shape index (κ2) is 13.4. The van der Waals surface area contributed by atoms with E-state index in [4.69, 9.17) is 9.97 Å². The van der Waals surface area contributed by atoms with Crippen molar-refractivity contribution in [3.8, 4) is 44.8 Å². The fraction of sp³-hybridized carbons (Fsp3) is 0.0588. The second-order valence-electron chi connectivity index (χ2n) is 14.9. The Morgan fingerprint density at radius 2 is 1.04 bits per heavy atom. The molecule has 0 fully saturated rings. The molecule has 0 amide bonds. The summed E-state index contributed by atoms with van der Waals surface area (Å²) in [7, 11) is 0. The number of hydrogen-bond acceptors (Lipinski definition) is 4. The molecule has 6 nitrogen and oxygen atoms in total. The third-order valence-electron chi connectivity index (χ3n) is 11.3. The molecule has 57 heavy (non-hydrogen) atoms. The fourth-order valence-electron chi connectivity index (χ4n) is 8.44. The van der Waals surface area contributed by atoms with Gasteiger partial charge in [0.1, 0.15) is 0 Å². The van der Waals surface area contributed by atoms with Crippen molar-refractivity contribution in [1.29, 1.82) is 0 Å². The molecule has 6 heterocycles. The van der Waals surface area contributed by atoms with Crippen molar-refractivity contribution in [3.05, 3.63) is 188 Å². The summed E-state index contributed by atoms with van der Waals surface area (Å²) in [6.45, 7) is 2.25. The molecule has 270 valence electrons. The molecule has 1 unspecified atom stereocenters. The molecule has 1 aliphatic carbocycles. The largest absolute Gasteiger partial charge is 0.308 e. The number of benzene rings is 4. The highest BCUT2D eigenvalue weighted by atomic mass is 15.0. The van der Waals surface area contributed by atoms with Crippen LogP contribution in [0.2, 0.25) is 0 Å². The number of aromatic nitrogens is 6. The van der Waals surface area contributed by atoms with Gasteiger partial charge in [0.2, 0.25) is 0 Å². The molecule has 4 aromatic carbocycles. The maximum absolute atomic E-state index is 4.93. The summed E-state index contributed by atoms with van der Waals surface area (Å²) in [5, 5.41) is 2.19. The lowest BCUT2D eigenvalue weighted by molar-refractivity contribution is 0.739. The summed E-state index contributed by atoms with van der Waals surface area (Å²) in [5.74, 6) is 0.567. The van der Waals surface area contributed by atoms with E-state index in [9.17, 15) is 0 Å². The van der Waals surface area contributed by atoms with Gasteiger partial charge < -0.3 is 9.13 Å². The quantitative estimate of drug-likeness (QED) is 0.171. The lowest BCUT2D eigenvalue weighted by Gasteiger charge is -2.13. The van der Waals surface area contributed by atoms with Crippen LogP contribution >= 0.6 is 0 Å². The van der Waals surface area contributed by atoms with Gasteiger partial charge in [-0.15, -0.1) is 0 Å². The number of nitrogens with zero attached hydrogens (tertiary/aromatic N) is 6. The van der Waals surface area contributed by atoms with E-state index in [-0.39, 0.29) is 0 Å². The Hall–Kier alpha value is -7.44. The van der Waals surface area contributed by atoms with E-state index < -0.39 is 0 Å². The first kappa shape index (κ1) is 32.9. The van der Waals surface area contributed by atoms with E-state index in [1.807, 2.05) is 55.4 Å². The van der Waals surface area contributed by atoms with Crippen molar-refractivity contribution in [2.45, 2.75) is 13.3 Å². The Kier molecular flexibility index (Phi) is 7.74. The molecule has 0 spiro atoms. The first-order valence-corrected chi connectivity index (χ1v) is 19.4. The van der Waals surface area contributed by atoms with Crippen LogP contribution in [-0.4, -0.2) is 29.1 Å². The number of rotatable bonds is 6. The number of allylic oxidation sites excluding steroid dienone is 4. The van der Waals surface area contributed by atoms with Crippen LogP contribution in [0.25, 0.3) is 94.2 Å². The Bertz CT molecular complexity index is 3240. The van der Waals surface area contributed by atoms with Crippen molar-refractivity contribution in [2.24, 2.45) is 5.92 Å². The normalized spacial score (nSPS) is 14.2. The van der Waals surface area contributed by atoms with Gasteiger partial charge in [-0.2, -0.15) is 0 Å². The van der Waals surface area contributed by atoms with Crippen LogP contribution in [0, 0.1) is 5.92 Å². The highest BCUT2D eigenvalue weighted by Gasteiger charge is 2.18. The van der Waals surface area contributed by atoms with Crippen molar-refractivity contribution in [3.63, 3.8) is 0 Å². The molecular weight excluding hydrogens is 697 g/mol. The van der Waals surface area contributed by atoms with E-state index >= 15 is 0 Å². The van der Waals surface area contributed by atoms with Crippen LogP contribution in [0.15, 0.2) is 183 Å². The monoisotopic (exact) mass is 732 g/mol. The van der Waals surface area contributed by atoms with Crippen molar-refractivity contribution >= 4 is 49.4 Å². The van der Waals surface area contributed by atoms with Gasteiger partial charge in [0.15, 0.2) is 0 Å². The second-order valence-corrected chi connectivity index (χ2v) is 14.9. The number of fused-ring (bicyclic) bond motifs is 6. The minimum absolute atomic E-state index is 0.567. The molecule has 0 bridgehead atoms. The van der Waals surface area contributed by atoms with Crippen LogP contribution in [0.1, 0.15) is 18.9 Å². The Labute approximate surface area is 329 Å². The lowest BCUT2D eigenvalue weighted by atomic mass is 9.94. The predicted molar refractivity (Wildman–Crippen MR) is 234 cm³/mol. The fourth-order valence-corrected chi connectivity index (χ4v) is 8.44. The topological polar surface area (TPSA) is 61.4 Å². The summed E-state index contributed by atoms with van der Waals surface area (Å²) in [5.41, 5.74) is 17.3. The van der Waals surface area contributed by atoms with Crippen LogP contribution in [0.4, 0.5) is 0 Å². The minimum atomic E-state index is 0.567. The van der Waals surface area contributed by atoms with Crippen LogP contribution < -0.4 is 0 Å². The molecule has 1 aliphatic rings. The zero-order chi connectivity index (χ0) is 37.9. The first-order valence-electron chi connectivity index (χ1n) is 19.4. The summed E-state index contributed by atoms with van der Waals surface area (Å²) < 4.78 is 4.65. The smallest absolute Gasteiger partial charge is 0.0963 e. The third-order valence-corrected chi connectivity index (χ3v) is 11.3. The van der Waals surface area contributed by atoms with E-state index in [0.717, 1.165) is 101 Å². The van der Waals surface area contributed by atoms with Gasteiger partial charge >= 0.3 is 0 Å². The van der Waals surface area contributed by atoms with Crippen molar-refractivity contribution < 1.29 is 0 Å². The lowest BCUT2D eigenvalue weighted by Crippen LogP contribution is -1.98. The average Bonchev–Trinajstić information content (AvgIpc) is 3.79. The first-order chi connectivity index (χ1) is 28.2. The highest BCUT2D eigenvalue weighted by molar-refractivity contribution is 6.10. The van der Waals surface area contributed by atoms with Crippen molar-refractivity contribution in [2.75, 3.05) is 0 Å². The third kappa shape index (κ3) is 5.64. The van der Waals surface area contributed by atoms with Gasteiger partial charge in [-0.05, 0) is 113 Å². The maximum atomic E-state index is 4.93. The molecule has 0 saturated carbocycles. The summed E-state index contributed by atoms with van der Waals surface area (Å²) in [6.07, 6.45) is 19.4. The van der Waals surface area contributed by atoms with Gasteiger partial charge in [0.05, 0.1) is 33.1 Å². The molecule has 6 aromatic heterocycles. The minimum Gasteiger partial charge on any atom is -0.308 e. The average molecular weight is 733 g/mol. The summed E-state index contributed by atoms with van der Waals surface area (Å²) >= 11 is 0. The molecule has 0 saturated heterocycles. The molecule has 11 rings (SSSR count). The molecule has 0 radical (unpaired) electrons. The Balaban J connectivity index is 1.02. The molecule has 0 aliphatic heterocycles. The van der Waals surface area contributed by atoms with Crippen molar-refractivity contribution in [1.82, 2.24) is 29.1 Å². The van der Waals surface area contributed by atoms with Gasteiger partial charge in [0.25, 0.3) is 0 Å². The van der Waals surface area contributed by atoms with E-state index in [1.165, 1.54) is 5.57 Å². The van der Waals surface area contributed by atoms with Gasteiger partial charge in [-0.3, -0.25) is 19.9 Å². The number of hydrogen-bond donors (Lipinski definition) is 0. The van der Waals surface area contributed by atoms with Crippen LogP contribution in [-0.2, 0) is 0 Å². The summed E-state index contributed by atoms with van der Waals surface area (Å²) in [6, 6.07) is 45.3. The number of pyridine rings is 4. The molecule has 10 aromatic rings. The van der Waals surface area contributed by atoms with Gasteiger partial charge in [0, 0.05) is 81.6 Å². The Morgan fingerprint density at radius 3 is 1.61 bits per heavy atom. The van der Waals surface area contributed by atoms with E-state index in [2.05, 4.69) is 153 Å². The molecule has 0 N–H and O–H groups in total. The van der Waals surface area contributed by atoms with E-state index in [1.54, 1.807) is 0 Å². The highest BCUT2D eigenvalue weighted by Crippen LogP contribution is 2.38. The maximum Gasteiger partial charge on any atom is 0.0963 e. The van der Waals surface area contributed by atoms with Gasteiger partial charge in [-0.1, -0.05) is 73.7 Å². The van der Waals surface area contributed by atoms with E-state index in [0.29, 0.717) is 5.92 Å². The SMILES string of the molecule is CC1C=CC(c2cncc(-c3ccc4c(c3)c3ncccc3n4-c3cccc(-n4c5ccc(-c6cncc(-c7ccccc7)c6)cc5c5ncccc54)c3)c2)=CC1. The van der Waals surface area contributed by atoms with Crippen LogP contribution in [0.3, 0.4) is 0 Å². The summed E-state index contributed by atoms with van der Waals surface area (Å²) in [4.78, 5) is 19.1. The Morgan fingerprint density at radius 1 is 0.474 bits per heavy atom. The zero-order valence-electron chi connectivity index (χ0n) is 31.3. The molecule has 1 atom stereocenters. The zero-order valence-corrected chi connectivity index (χ0v) is 31.3. The molecular formula is C51H36N6.